The summed E-state index contributed by atoms with van der Waals surface area (Å²) in [7, 11) is 0. The van der Waals surface area contributed by atoms with Crippen molar-refractivity contribution in [2.24, 2.45) is 5.41 Å². The molecule has 2 N–H and O–H groups in total. The maximum absolute atomic E-state index is 13.8. The summed E-state index contributed by atoms with van der Waals surface area (Å²) < 4.78 is 27.5. The van der Waals surface area contributed by atoms with Crippen LogP contribution in [0.15, 0.2) is 30.3 Å². The van der Waals surface area contributed by atoms with E-state index in [0.29, 0.717) is 18.5 Å². The van der Waals surface area contributed by atoms with Gasteiger partial charge in [0.1, 0.15) is 22.7 Å². The molecule has 26 heavy (non-hydrogen) atoms. The lowest BCUT2D eigenvalue weighted by atomic mass is 10.0. The van der Waals surface area contributed by atoms with E-state index in [1.54, 1.807) is 0 Å². The molecule has 4 nitrogen and oxygen atoms in total. The van der Waals surface area contributed by atoms with Crippen molar-refractivity contribution < 1.29 is 18.4 Å². The molecular weight excluding hydrogens is 338 g/mol. The minimum atomic E-state index is -1.29. The van der Waals surface area contributed by atoms with Crippen LogP contribution < -0.4 is 10.6 Å². The number of rotatable bonds is 4. The second-order valence-corrected chi connectivity index (χ2v) is 6.86. The van der Waals surface area contributed by atoms with Crippen molar-refractivity contribution in [2.45, 2.75) is 33.6 Å². The van der Waals surface area contributed by atoms with Crippen molar-refractivity contribution in [3.8, 4) is 0 Å². The van der Waals surface area contributed by atoms with Gasteiger partial charge in [0.05, 0.1) is 0 Å². The summed E-state index contributed by atoms with van der Waals surface area (Å²) in [6.45, 7) is 5.72. The van der Waals surface area contributed by atoms with E-state index in [2.05, 4.69) is 10.6 Å². The number of hydrogen-bond donors (Lipinski definition) is 2. The Balaban J connectivity index is 1.80. The van der Waals surface area contributed by atoms with Gasteiger partial charge in [0.15, 0.2) is 0 Å². The third-order valence-electron chi connectivity index (χ3n) is 4.74. The lowest BCUT2D eigenvalue weighted by Gasteiger charge is -2.18. The van der Waals surface area contributed by atoms with Gasteiger partial charge in [0, 0.05) is 5.69 Å². The third kappa shape index (κ3) is 3.19. The van der Waals surface area contributed by atoms with Gasteiger partial charge in [-0.1, -0.05) is 23.8 Å². The predicted molar refractivity (Wildman–Crippen MR) is 95.9 cm³/mol. The van der Waals surface area contributed by atoms with Crippen LogP contribution in [0.1, 0.15) is 29.5 Å². The van der Waals surface area contributed by atoms with E-state index in [9.17, 15) is 18.4 Å². The van der Waals surface area contributed by atoms with E-state index in [4.69, 9.17) is 0 Å². The van der Waals surface area contributed by atoms with Crippen molar-refractivity contribution in [2.75, 3.05) is 10.6 Å². The van der Waals surface area contributed by atoms with Crippen molar-refractivity contribution in [1.29, 1.82) is 0 Å². The number of halogens is 2. The SMILES string of the molecule is Cc1cc(C)c(NC(=O)C2(C(=O)Nc3c(F)cccc3F)CC2)c(C)c1. The van der Waals surface area contributed by atoms with Gasteiger partial charge in [-0.2, -0.15) is 0 Å². The average molecular weight is 358 g/mol. The van der Waals surface area contributed by atoms with Gasteiger partial charge >= 0.3 is 0 Å². The standard InChI is InChI=1S/C20H20F2N2O2/c1-11-9-12(2)16(13(3)10-11)23-18(25)20(7-8-20)19(26)24-17-14(21)5-4-6-15(17)22/h4-6,9-10H,7-8H2,1-3H3,(H,23,25)(H,24,26). The molecule has 0 aromatic heterocycles. The summed E-state index contributed by atoms with van der Waals surface area (Å²) in [6.07, 6.45) is 0.676. The first-order valence-corrected chi connectivity index (χ1v) is 8.39. The second-order valence-electron chi connectivity index (χ2n) is 6.86. The molecule has 0 aliphatic heterocycles. The van der Waals surface area contributed by atoms with Gasteiger partial charge in [-0.05, 0) is 56.9 Å². The quantitative estimate of drug-likeness (QED) is 0.803. The molecule has 1 aliphatic rings. The van der Waals surface area contributed by atoms with Crippen LogP contribution in [0.25, 0.3) is 0 Å². The molecule has 1 fully saturated rings. The number of nitrogens with one attached hydrogen (secondary N) is 2. The Morgan fingerprint density at radius 2 is 1.35 bits per heavy atom. The number of para-hydroxylation sites is 1. The highest BCUT2D eigenvalue weighted by atomic mass is 19.1. The fourth-order valence-electron chi connectivity index (χ4n) is 3.14. The monoisotopic (exact) mass is 358 g/mol. The average Bonchev–Trinajstić information content (AvgIpc) is 3.36. The molecule has 0 saturated heterocycles. The maximum Gasteiger partial charge on any atom is 0.240 e. The minimum absolute atomic E-state index is 0.338. The van der Waals surface area contributed by atoms with E-state index < -0.39 is 34.6 Å². The summed E-state index contributed by atoms with van der Waals surface area (Å²) in [5, 5.41) is 5.05. The van der Waals surface area contributed by atoms with Crippen LogP contribution in [-0.2, 0) is 9.59 Å². The zero-order valence-electron chi connectivity index (χ0n) is 14.9. The zero-order valence-corrected chi connectivity index (χ0v) is 14.9. The van der Waals surface area contributed by atoms with E-state index in [-0.39, 0.29) is 0 Å². The molecule has 0 heterocycles. The van der Waals surface area contributed by atoms with E-state index in [1.807, 2.05) is 32.9 Å². The summed E-state index contributed by atoms with van der Waals surface area (Å²) >= 11 is 0. The summed E-state index contributed by atoms with van der Waals surface area (Å²) in [4.78, 5) is 25.3. The third-order valence-corrected chi connectivity index (χ3v) is 4.74. The molecule has 136 valence electrons. The number of benzene rings is 2. The summed E-state index contributed by atoms with van der Waals surface area (Å²) in [5.41, 5.74) is 1.71. The molecule has 2 aromatic carbocycles. The minimum Gasteiger partial charge on any atom is -0.325 e. The van der Waals surface area contributed by atoms with Gasteiger partial charge < -0.3 is 10.6 Å². The van der Waals surface area contributed by atoms with Crippen molar-refractivity contribution >= 4 is 23.2 Å². The Hall–Kier alpha value is -2.76. The van der Waals surface area contributed by atoms with Crippen LogP contribution in [0.4, 0.5) is 20.2 Å². The first-order chi connectivity index (χ1) is 12.2. The molecule has 0 spiro atoms. The first kappa shape index (κ1) is 18.0. The molecule has 1 aliphatic carbocycles. The Morgan fingerprint density at radius 3 is 1.81 bits per heavy atom. The maximum atomic E-state index is 13.8. The number of carbonyl (C=O) groups excluding carboxylic acids is 2. The van der Waals surface area contributed by atoms with E-state index in [1.165, 1.54) is 6.07 Å². The fraction of sp³-hybridized carbons (Fsp3) is 0.300. The molecule has 1 saturated carbocycles. The second kappa shape index (κ2) is 6.52. The molecular formula is C20H20F2N2O2. The first-order valence-electron chi connectivity index (χ1n) is 8.39. The number of aryl methyl sites for hydroxylation is 3. The Morgan fingerprint density at radius 1 is 0.885 bits per heavy atom. The highest BCUT2D eigenvalue weighted by Crippen LogP contribution is 2.48. The topological polar surface area (TPSA) is 58.2 Å². The van der Waals surface area contributed by atoms with Gasteiger partial charge in [-0.25, -0.2) is 8.78 Å². The molecule has 0 bridgehead atoms. The number of hydrogen-bond acceptors (Lipinski definition) is 2. The highest BCUT2D eigenvalue weighted by molar-refractivity contribution is 6.17. The smallest absolute Gasteiger partial charge is 0.240 e. The van der Waals surface area contributed by atoms with Gasteiger partial charge in [0.25, 0.3) is 0 Å². The Bertz CT molecular complexity index is 861. The van der Waals surface area contributed by atoms with Crippen molar-refractivity contribution in [1.82, 2.24) is 0 Å². The van der Waals surface area contributed by atoms with Crippen LogP contribution in [-0.4, -0.2) is 11.8 Å². The molecule has 3 rings (SSSR count). The van der Waals surface area contributed by atoms with Crippen LogP contribution in [0.5, 0.6) is 0 Å². The number of amides is 2. The van der Waals surface area contributed by atoms with Crippen LogP contribution >= 0.6 is 0 Å². The molecule has 6 heteroatoms. The Labute approximate surface area is 150 Å². The van der Waals surface area contributed by atoms with E-state index in [0.717, 1.165) is 28.8 Å². The van der Waals surface area contributed by atoms with E-state index >= 15 is 0 Å². The normalized spacial score (nSPS) is 14.7. The van der Waals surface area contributed by atoms with Gasteiger partial charge in [0.2, 0.25) is 11.8 Å². The fourth-order valence-corrected chi connectivity index (χ4v) is 3.14. The molecule has 2 amide bonds. The lowest BCUT2D eigenvalue weighted by Crippen LogP contribution is -2.36. The predicted octanol–water partition coefficient (Wildman–Crippen LogP) is 4.25. The summed E-state index contributed by atoms with van der Waals surface area (Å²) in [5.74, 6) is -2.90. The van der Waals surface area contributed by atoms with Crippen molar-refractivity contribution in [3.63, 3.8) is 0 Å². The molecule has 0 unspecified atom stereocenters. The van der Waals surface area contributed by atoms with Crippen LogP contribution in [0.2, 0.25) is 0 Å². The van der Waals surface area contributed by atoms with Crippen LogP contribution in [0.3, 0.4) is 0 Å². The largest absolute Gasteiger partial charge is 0.325 e. The number of carbonyl (C=O) groups is 2. The zero-order chi connectivity index (χ0) is 19.1. The number of anilines is 2. The lowest BCUT2D eigenvalue weighted by molar-refractivity contribution is -0.131. The van der Waals surface area contributed by atoms with Crippen molar-refractivity contribution in [3.05, 3.63) is 58.7 Å². The van der Waals surface area contributed by atoms with Gasteiger partial charge in [-0.15, -0.1) is 0 Å². The van der Waals surface area contributed by atoms with Crippen LogP contribution in [0, 0.1) is 37.8 Å². The van der Waals surface area contributed by atoms with Gasteiger partial charge in [-0.3, -0.25) is 9.59 Å². The molecule has 0 atom stereocenters. The molecule has 2 aromatic rings. The molecule has 0 radical (unpaired) electrons. The Kier molecular flexibility index (Phi) is 4.52. The highest BCUT2D eigenvalue weighted by Gasteiger charge is 2.56. The summed E-state index contributed by atoms with van der Waals surface area (Å²) in [6, 6.07) is 7.20.